The zero-order valence-electron chi connectivity index (χ0n) is 14.2. The Labute approximate surface area is 168 Å². The van der Waals surface area contributed by atoms with Crippen LogP contribution in [0.4, 0.5) is 5.69 Å². The van der Waals surface area contributed by atoms with E-state index in [1.165, 1.54) is 17.5 Å². The third kappa shape index (κ3) is 3.46. The number of para-hydroxylation sites is 2. The summed E-state index contributed by atoms with van der Waals surface area (Å²) in [5.41, 5.74) is 2.22. The molecule has 4 aromatic rings. The predicted octanol–water partition coefficient (Wildman–Crippen LogP) is 5.01. The van der Waals surface area contributed by atoms with Gasteiger partial charge in [-0.3, -0.25) is 0 Å². The summed E-state index contributed by atoms with van der Waals surface area (Å²) in [5, 5.41) is 31.5. The number of nitriles is 1. The molecular formula is C19H12N6OS2. The molecule has 0 aliphatic rings. The number of benzene rings is 2. The molecule has 0 radical (unpaired) electrons. The molecule has 0 saturated heterocycles. The number of H-pyrrole nitrogens is 1. The molecule has 0 atom stereocenters. The van der Waals surface area contributed by atoms with Crippen molar-refractivity contribution in [1.29, 1.82) is 5.26 Å². The van der Waals surface area contributed by atoms with Crippen LogP contribution >= 0.6 is 23.6 Å². The Hall–Kier alpha value is -3.61. The highest BCUT2D eigenvalue weighted by Gasteiger charge is 2.10. The van der Waals surface area contributed by atoms with E-state index >= 15 is 0 Å². The van der Waals surface area contributed by atoms with Crippen molar-refractivity contribution < 1.29 is 5.11 Å². The predicted molar refractivity (Wildman–Crippen MR) is 113 cm³/mol. The van der Waals surface area contributed by atoms with Crippen LogP contribution in [0.5, 0.6) is 5.88 Å². The first-order chi connectivity index (χ1) is 13.7. The minimum absolute atomic E-state index is 0.0542. The summed E-state index contributed by atoms with van der Waals surface area (Å²) in [4.78, 5) is 7.27. The lowest BCUT2D eigenvalue weighted by Gasteiger charge is -1.97. The number of aromatic amines is 1. The summed E-state index contributed by atoms with van der Waals surface area (Å²) in [6, 6.07) is 17.1. The van der Waals surface area contributed by atoms with Crippen LogP contribution in [0.1, 0.15) is 5.01 Å². The molecule has 9 heteroatoms. The van der Waals surface area contributed by atoms with Crippen LogP contribution in [0, 0.1) is 11.3 Å². The molecule has 2 heterocycles. The monoisotopic (exact) mass is 404 g/mol. The van der Waals surface area contributed by atoms with Crippen molar-refractivity contribution >= 4 is 61.0 Å². The number of nitrogens with one attached hydrogen (secondary N) is 2. The van der Waals surface area contributed by atoms with Gasteiger partial charge in [-0.25, -0.2) is 4.98 Å². The number of hydrogen-bond acceptors (Lipinski definition) is 6. The molecule has 0 amide bonds. The smallest absolute Gasteiger partial charge is 0.218 e. The molecule has 0 saturated carbocycles. The third-order valence-corrected chi connectivity index (χ3v) is 5.15. The van der Waals surface area contributed by atoms with E-state index in [4.69, 9.17) is 12.2 Å². The van der Waals surface area contributed by atoms with Gasteiger partial charge < -0.3 is 15.4 Å². The third-order valence-electron chi connectivity index (χ3n) is 3.89. The van der Waals surface area contributed by atoms with E-state index in [-0.39, 0.29) is 11.0 Å². The molecule has 0 unspecified atom stereocenters. The van der Waals surface area contributed by atoms with Gasteiger partial charge in [0.25, 0.3) is 0 Å². The zero-order chi connectivity index (χ0) is 19.5. The Morgan fingerprint density at radius 1 is 1.25 bits per heavy atom. The standard InChI is InChI=1S/C19H12N6OS2/c20-9-11(18-23-14-7-3-4-8-15(14)28-18)10-21-19(27)25-24-16-12-5-1-2-6-13(12)22-17(16)26/h1-8,10,22,26H,(H,21,27)/b11-10-,25-24?. The van der Waals surface area contributed by atoms with E-state index in [1.54, 1.807) is 0 Å². The van der Waals surface area contributed by atoms with Crippen molar-refractivity contribution in [2.75, 3.05) is 0 Å². The lowest BCUT2D eigenvalue weighted by Crippen LogP contribution is -2.11. The molecular weight excluding hydrogens is 392 g/mol. The van der Waals surface area contributed by atoms with Crippen LogP contribution in [0.25, 0.3) is 26.7 Å². The average Bonchev–Trinajstić information content (AvgIpc) is 3.27. The van der Waals surface area contributed by atoms with Gasteiger partial charge >= 0.3 is 0 Å². The molecule has 0 aliphatic heterocycles. The second-order valence-corrected chi connectivity index (χ2v) is 7.09. The fourth-order valence-corrected chi connectivity index (χ4v) is 3.63. The van der Waals surface area contributed by atoms with Crippen LogP contribution in [0.3, 0.4) is 0 Å². The minimum atomic E-state index is -0.0875. The summed E-state index contributed by atoms with van der Waals surface area (Å²) in [6.07, 6.45) is 1.45. The summed E-state index contributed by atoms with van der Waals surface area (Å²) >= 11 is 6.56. The Morgan fingerprint density at radius 2 is 2.04 bits per heavy atom. The van der Waals surface area contributed by atoms with Gasteiger partial charge in [-0.05, 0) is 30.4 Å². The number of aromatic nitrogens is 2. The number of thiocarbonyl (C=S) groups is 1. The summed E-state index contributed by atoms with van der Waals surface area (Å²) < 4.78 is 0.996. The van der Waals surface area contributed by atoms with Gasteiger partial charge in [0.05, 0.1) is 15.7 Å². The molecule has 3 N–H and O–H groups in total. The Bertz CT molecular complexity index is 1260. The van der Waals surface area contributed by atoms with Crippen molar-refractivity contribution in [3.05, 3.63) is 59.7 Å². The summed E-state index contributed by atoms with van der Waals surface area (Å²) in [5.74, 6) is -0.0875. The van der Waals surface area contributed by atoms with E-state index in [2.05, 4.69) is 31.6 Å². The number of aromatic hydroxyl groups is 1. The van der Waals surface area contributed by atoms with Gasteiger partial charge in [0.15, 0.2) is 5.69 Å². The largest absolute Gasteiger partial charge is 0.493 e. The van der Waals surface area contributed by atoms with Gasteiger partial charge in [0.2, 0.25) is 11.0 Å². The van der Waals surface area contributed by atoms with E-state index in [0.717, 1.165) is 21.1 Å². The Kier molecular flexibility index (Phi) is 4.80. The Balaban J connectivity index is 1.53. The van der Waals surface area contributed by atoms with Crippen LogP contribution in [-0.2, 0) is 0 Å². The number of azo groups is 1. The van der Waals surface area contributed by atoms with Crippen molar-refractivity contribution in [2.45, 2.75) is 0 Å². The molecule has 2 aromatic heterocycles. The molecule has 7 nitrogen and oxygen atoms in total. The van der Waals surface area contributed by atoms with Crippen LogP contribution in [-0.4, -0.2) is 20.2 Å². The number of nitrogens with zero attached hydrogens (tertiary/aromatic N) is 4. The minimum Gasteiger partial charge on any atom is -0.493 e. The zero-order valence-corrected chi connectivity index (χ0v) is 15.9. The van der Waals surface area contributed by atoms with Gasteiger partial charge in [-0.15, -0.1) is 21.6 Å². The number of thiazole rings is 1. The highest BCUT2D eigenvalue weighted by atomic mass is 32.1. The summed E-state index contributed by atoms with van der Waals surface area (Å²) in [7, 11) is 0. The highest BCUT2D eigenvalue weighted by molar-refractivity contribution is 7.80. The van der Waals surface area contributed by atoms with E-state index in [9.17, 15) is 10.4 Å². The van der Waals surface area contributed by atoms with E-state index in [0.29, 0.717) is 16.3 Å². The van der Waals surface area contributed by atoms with Crippen molar-refractivity contribution in [3.63, 3.8) is 0 Å². The highest BCUT2D eigenvalue weighted by Crippen LogP contribution is 2.35. The first-order valence-corrected chi connectivity index (χ1v) is 9.36. The maximum Gasteiger partial charge on any atom is 0.218 e. The normalized spacial score (nSPS) is 11.9. The van der Waals surface area contributed by atoms with Gasteiger partial charge in [-0.2, -0.15) is 5.26 Å². The van der Waals surface area contributed by atoms with E-state index in [1.807, 2.05) is 48.5 Å². The average molecular weight is 404 g/mol. The van der Waals surface area contributed by atoms with Gasteiger partial charge in [0, 0.05) is 11.6 Å². The van der Waals surface area contributed by atoms with Crippen molar-refractivity contribution in [3.8, 4) is 11.9 Å². The SMILES string of the molecule is N#C/C(=C/NC(=S)N=Nc1c(O)[nH]c2ccccc12)c1nc2ccccc2s1. The molecule has 136 valence electrons. The van der Waals surface area contributed by atoms with Gasteiger partial charge in [0.1, 0.15) is 16.6 Å². The molecule has 2 aromatic carbocycles. The van der Waals surface area contributed by atoms with Crippen LogP contribution in [0.15, 0.2) is 65.0 Å². The number of rotatable bonds is 3. The molecule has 0 spiro atoms. The fraction of sp³-hybridized carbons (Fsp3) is 0. The number of allylic oxidation sites excluding steroid dienone is 1. The first-order valence-electron chi connectivity index (χ1n) is 8.14. The molecule has 0 fully saturated rings. The lowest BCUT2D eigenvalue weighted by molar-refractivity contribution is 0.459. The number of hydrogen-bond donors (Lipinski definition) is 3. The molecule has 28 heavy (non-hydrogen) atoms. The maximum atomic E-state index is 9.99. The van der Waals surface area contributed by atoms with Crippen molar-refractivity contribution in [2.24, 2.45) is 10.2 Å². The van der Waals surface area contributed by atoms with Gasteiger partial charge in [-0.1, -0.05) is 30.3 Å². The van der Waals surface area contributed by atoms with E-state index < -0.39 is 0 Å². The van der Waals surface area contributed by atoms with Crippen LogP contribution in [0.2, 0.25) is 0 Å². The molecule has 0 bridgehead atoms. The maximum absolute atomic E-state index is 9.99. The fourth-order valence-electron chi connectivity index (χ4n) is 2.60. The van der Waals surface area contributed by atoms with Crippen LogP contribution < -0.4 is 5.32 Å². The number of fused-ring (bicyclic) bond motifs is 2. The second-order valence-electron chi connectivity index (χ2n) is 5.67. The summed E-state index contributed by atoms with van der Waals surface area (Å²) in [6.45, 7) is 0. The second kappa shape index (κ2) is 7.56. The molecule has 4 rings (SSSR count). The molecule has 0 aliphatic carbocycles. The van der Waals surface area contributed by atoms with Crippen molar-refractivity contribution in [1.82, 2.24) is 15.3 Å². The topological polar surface area (TPSA) is 109 Å². The Morgan fingerprint density at radius 3 is 2.86 bits per heavy atom. The first kappa shape index (κ1) is 17.8. The quantitative estimate of drug-likeness (QED) is 0.253. The lowest BCUT2D eigenvalue weighted by atomic mass is 10.2.